The van der Waals surface area contributed by atoms with Crippen LogP contribution in [0.15, 0.2) is 59.5 Å². The number of fused-ring (bicyclic) bond motifs is 1. The summed E-state index contributed by atoms with van der Waals surface area (Å²) in [6, 6.07) is 12.0. The van der Waals surface area contributed by atoms with Crippen molar-refractivity contribution in [3.63, 3.8) is 0 Å². The van der Waals surface area contributed by atoms with E-state index < -0.39 is 0 Å². The van der Waals surface area contributed by atoms with Crippen molar-refractivity contribution in [1.82, 2.24) is 4.98 Å². The van der Waals surface area contributed by atoms with Gasteiger partial charge in [0.1, 0.15) is 5.76 Å². The topological polar surface area (TPSA) is 26.0 Å². The fraction of sp³-hybridized carbons (Fsp3) is 0. The van der Waals surface area contributed by atoms with Crippen LogP contribution in [-0.2, 0) is 0 Å². The molecule has 0 saturated heterocycles. The standard InChI is InChI=1S/C13H9NO/c1-3-10-9-14-7-6-11(10)12(4-1)13-5-2-8-15-13/h1-9H. The van der Waals surface area contributed by atoms with Gasteiger partial charge in [0.2, 0.25) is 0 Å². The first kappa shape index (κ1) is 8.24. The van der Waals surface area contributed by atoms with E-state index in [9.17, 15) is 0 Å². The largest absolute Gasteiger partial charge is 0.464 e. The van der Waals surface area contributed by atoms with Gasteiger partial charge < -0.3 is 4.42 Å². The fourth-order valence-electron chi connectivity index (χ4n) is 1.77. The Morgan fingerprint density at radius 3 is 2.87 bits per heavy atom. The second-order valence-electron chi connectivity index (χ2n) is 3.38. The maximum atomic E-state index is 5.41. The Balaban J connectivity index is 2.36. The SMILES string of the molecule is c1coc(-c2cccc3cnccc23)c1. The predicted octanol–water partition coefficient (Wildman–Crippen LogP) is 3.49. The summed E-state index contributed by atoms with van der Waals surface area (Å²) in [6.45, 7) is 0. The maximum Gasteiger partial charge on any atom is 0.134 e. The highest BCUT2D eigenvalue weighted by Crippen LogP contribution is 2.27. The highest BCUT2D eigenvalue weighted by atomic mass is 16.3. The summed E-state index contributed by atoms with van der Waals surface area (Å²) in [4.78, 5) is 4.10. The van der Waals surface area contributed by atoms with E-state index in [1.807, 2.05) is 30.5 Å². The molecule has 2 aromatic heterocycles. The molecule has 0 bridgehead atoms. The van der Waals surface area contributed by atoms with Crippen molar-refractivity contribution in [2.24, 2.45) is 0 Å². The minimum Gasteiger partial charge on any atom is -0.464 e. The number of nitrogens with zero attached hydrogens (tertiary/aromatic N) is 1. The van der Waals surface area contributed by atoms with Gasteiger partial charge in [-0.2, -0.15) is 0 Å². The van der Waals surface area contributed by atoms with Crippen LogP contribution >= 0.6 is 0 Å². The summed E-state index contributed by atoms with van der Waals surface area (Å²) in [7, 11) is 0. The molecule has 0 atom stereocenters. The summed E-state index contributed by atoms with van der Waals surface area (Å²) < 4.78 is 5.41. The number of benzene rings is 1. The van der Waals surface area contributed by atoms with Gasteiger partial charge >= 0.3 is 0 Å². The Morgan fingerprint density at radius 2 is 2.00 bits per heavy atom. The van der Waals surface area contributed by atoms with E-state index in [0.29, 0.717) is 0 Å². The summed E-state index contributed by atoms with van der Waals surface area (Å²) >= 11 is 0. The Hall–Kier alpha value is -2.09. The average molecular weight is 195 g/mol. The van der Waals surface area contributed by atoms with Gasteiger partial charge in [-0.15, -0.1) is 0 Å². The van der Waals surface area contributed by atoms with E-state index >= 15 is 0 Å². The second kappa shape index (κ2) is 3.24. The molecule has 0 radical (unpaired) electrons. The molecule has 0 aliphatic carbocycles. The van der Waals surface area contributed by atoms with Gasteiger partial charge in [-0.3, -0.25) is 4.98 Å². The molecule has 0 saturated carbocycles. The highest BCUT2D eigenvalue weighted by Gasteiger charge is 2.04. The van der Waals surface area contributed by atoms with Gasteiger partial charge in [-0.1, -0.05) is 18.2 Å². The lowest BCUT2D eigenvalue weighted by Gasteiger charge is -2.02. The van der Waals surface area contributed by atoms with E-state index in [1.165, 1.54) is 5.39 Å². The van der Waals surface area contributed by atoms with E-state index in [-0.39, 0.29) is 0 Å². The van der Waals surface area contributed by atoms with Crippen LogP contribution in [0.1, 0.15) is 0 Å². The zero-order chi connectivity index (χ0) is 10.1. The number of aromatic nitrogens is 1. The molecule has 0 N–H and O–H groups in total. The van der Waals surface area contributed by atoms with Crippen molar-refractivity contribution in [3.8, 4) is 11.3 Å². The third-order valence-corrected chi connectivity index (χ3v) is 2.47. The third kappa shape index (κ3) is 1.31. The van der Waals surface area contributed by atoms with Crippen LogP contribution in [0.2, 0.25) is 0 Å². The lowest BCUT2D eigenvalue weighted by atomic mass is 10.1. The van der Waals surface area contributed by atoms with Crippen LogP contribution in [-0.4, -0.2) is 4.98 Å². The first-order valence-electron chi connectivity index (χ1n) is 4.82. The van der Waals surface area contributed by atoms with Crippen molar-refractivity contribution >= 4 is 10.8 Å². The Morgan fingerprint density at radius 1 is 1.00 bits per heavy atom. The lowest BCUT2D eigenvalue weighted by Crippen LogP contribution is -1.79. The fourth-order valence-corrected chi connectivity index (χ4v) is 1.77. The molecule has 0 aliphatic rings. The number of rotatable bonds is 1. The second-order valence-corrected chi connectivity index (χ2v) is 3.38. The third-order valence-electron chi connectivity index (χ3n) is 2.47. The highest BCUT2D eigenvalue weighted by molar-refractivity contribution is 5.94. The van der Waals surface area contributed by atoms with Crippen LogP contribution < -0.4 is 0 Å². The summed E-state index contributed by atoms with van der Waals surface area (Å²) in [5.74, 6) is 0.895. The number of furan rings is 1. The minimum absolute atomic E-state index is 0.895. The van der Waals surface area contributed by atoms with Crippen molar-refractivity contribution < 1.29 is 4.42 Å². The van der Waals surface area contributed by atoms with E-state index in [4.69, 9.17) is 4.42 Å². The summed E-state index contributed by atoms with van der Waals surface area (Å²) in [5, 5.41) is 2.30. The van der Waals surface area contributed by atoms with Gasteiger partial charge in [0.25, 0.3) is 0 Å². The minimum atomic E-state index is 0.895. The molecule has 2 heterocycles. The van der Waals surface area contributed by atoms with Crippen LogP contribution in [0, 0.1) is 0 Å². The van der Waals surface area contributed by atoms with E-state index in [0.717, 1.165) is 16.7 Å². The molecule has 0 amide bonds. The number of hydrogen-bond donors (Lipinski definition) is 0. The predicted molar refractivity (Wildman–Crippen MR) is 59.4 cm³/mol. The first-order valence-corrected chi connectivity index (χ1v) is 4.82. The molecule has 0 aliphatic heterocycles. The first-order chi connectivity index (χ1) is 7.45. The Bertz CT molecular complexity index is 579. The molecule has 0 spiro atoms. The molecule has 2 heteroatoms. The smallest absolute Gasteiger partial charge is 0.134 e. The van der Waals surface area contributed by atoms with Crippen LogP contribution in [0.25, 0.3) is 22.1 Å². The average Bonchev–Trinajstić information content (AvgIpc) is 2.82. The van der Waals surface area contributed by atoms with Gasteiger partial charge in [0, 0.05) is 23.3 Å². The van der Waals surface area contributed by atoms with Crippen molar-refractivity contribution in [2.45, 2.75) is 0 Å². The van der Waals surface area contributed by atoms with Gasteiger partial charge in [-0.05, 0) is 23.6 Å². The summed E-state index contributed by atoms with van der Waals surface area (Å²) in [5.41, 5.74) is 1.11. The zero-order valence-corrected chi connectivity index (χ0v) is 8.05. The molecule has 0 unspecified atom stereocenters. The zero-order valence-electron chi connectivity index (χ0n) is 8.05. The Labute approximate surface area is 87.2 Å². The van der Waals surface area contributed by atoms with E-state index in [2.05, 4.69) is 17.1 Å². The van der Waals surface area contributed by atoms with Gasteiger partial charge in [0.05, 0.1) is 6.26 Å². The molecular formula is C13H9NO. The van der Waals surface area contributed by atoms with Crippen LogP contribution in [0.5, 0.6) is 0 Å². The number of hydrogen-bond acceptors (Lipinski definition) is 2. The Kier molecular flexibility index (Phi) is 1.78. The van der Waals surface area contributed by atoms with Crippen molar-refractivity contribution in [3.05, 3.63) is 55.1 Å². The maximum absolute atomic E-state index is 5.41. The monoisotopic (exact) mass is 195 g/mol. The molecule has 1 aromatic carbocycles. The molecule has 15 heavy (non-hydrogen) atoms. The quantitative estimate of drug-likeness (QED) is 0.594. The normalized spacial score (nSPS) is 10.7. The van der Waals surface area contributed by atoms with E-state index in [1.54, 1.807) is 12.5 Å². The number of pyridine rings is 1. The van der Waals surface area contributed by atoms with Crippen LogP contribution in [0.4, 0.5) is 0 Å². The van der Waals surface area contributed by atoms with Crippen LogP contribution in [0.3, 0.4) is 0 Å². The van der Waals surface area contributed by atoms with Gasteiger partial charge in [-0.25, -0.2) is 0 Å². The lowest BCUT2D eigenvalue weighted by molar-refractivity contribution is 0.583. The van der Waals surface area contributed by atoms with Crippen molar-refractivity contribution in [2.75, 3.05) is 0 Å². The molecular weight excluding hydrogens is 186 g/mol. The van der Waals surface area contributed by atoms with Gasteiger partial charge in [0.15, 0.2) is 0 Å². The molecule has 3 rings (SSSR count). The summed E-state index contributed by atoms with van der Waals surface area (Å²) in [6.07, 6.45) is 5.35. The molecule has 0 fully saturated rings. The van der Waals surface area contributed by atoms with Crippen molar-refractivity contribution in [1.29, 1.82) is 0 Å². The molecule has 2 nitrogen and oxygen atoms in total. The molecule has 3 aromatic rings. The molecule has 72 valence electrons.